The monoisotopic (exact) mass is 317 g/mol. The van der Waals surface area contributed by atoms with Crippen LogP contribution in [0.2, 0.25) is 0 Å². The molecule has 0 radical (unpaired) electrons. The molecule has 0 spiro atoms. The molecule has 17 heavy (non-hydrogen) atoms. The number of thioether (sulfide) groups is 1. The molecule has 0 fully saturated rings. The molecule has 1 aromatic rings. The number of benzene rings is 1. The van der Waals surface area contributed by atoms with E-state index >= 15 is 0 Å². The number of carbonyl (C=O) groups is 1. The highest BCUT2D eigenvalue weighted by Crippen LogP contribution is 2.25. The molecule has 1 aromatic carbocycles. The largest absolute Gasteiger partial charge is 0.478 e. The Labute approximate surface area is 114 Å². The summed E-state index contributed by atoms with van der Waals surface area (Å²) in [4.78, 5) is 11.1. The summed E-state index contributed by atoms with van der Waals surface area (Å²) >= 11 is 5.02. The highest BCUT2D eigenvalue weighted by molar-refractivity contribution is 9.10. The fraction of sp³-hybridized carbons (Fsp3) is 0.417. The van der Waals surface area contributed by atoms with Gasteiger partial charge < -0.3 is 10.4 Å². The van der Waals surface area contributed by atoms with Crippen molar-refractivity contribution in [3.8, 4) is 0 Å². The van der Waals surface area contributed by atoms with Gasteiger partial charge >= 0.3 is 5.97 Å². The third-order valence-electron chi connectivity index (χ3n) is 2.47. The number of halogens is 1. The van der Waals surface area contributed by atoms with E-state index in [2.05, 4.69) is 35.1 Å². The van der Waals surface area contributed by atoms with E-state index in [1.807, 2.05) is 12.3 Å². The van der Waals surface area contributed by atoms with E-state index in [0.29, 0.717) is 5.69 Å². The second-order valence-corrected chi connectivity index (χ2v) is 6.74. The van der Waals surface area contributed by atoms with Crippen LogP contribution in [0, 0.1) is 0 Å². The van der Waals surface area contributed by atoms with Gasteiger partial charge in [-0.15, -0.1) is 0 Å². The van der Waals surface area contributed by atoms with E-state index in [-0.39, 0.29) is 10.3 Å². The summed E-state index contributed by atoms with van der Waals surface area (Å²) in [5.41, 5.74) is 0.944. The maximum Gasteiger partial charge on any atom is 0.337 e. The Morgan fingerprint density at radius 2 is 2.18 bits per heavy atom. The van der Waals surface area contributed by atoms with Gasteiger partial charge in [-0.05, 0) is 38.3 Å². The maximum absolute atomic E-state index is 11.1. The molecule has 2 N–H and O–H groups in total. The highest BCUT2D eigenvalue weighted by Gasteiger charge is 2.17. The third kappa shape index (κ3) is 4.24. The molecule has 0 heterocycles. The van der Waals surface area contributed by atoms with E-state index in [1.165, 1.54) is 0 Å². The van der Waals surface area contributed by atoms with Gasteiger partial charge in [0.05, 0.1) is 5.56 Å². The summed E-state index contributed by atoms with van der Waals surface area (Å²) < 4.78 is 0.840. The number of nitrogens with one attached hydrogen (secondary N) is 1. The molecule has 0 aliphatic heterocycles. The fourth-order valence-electron chi connectivity index (χ4n) is 1.23. The van der Waals surface area contributed by atoms with E-state index < -0.39 is 5.97 Å². The van der Waals surface area contributed by atoms with Crippen LogP contribution in [0.3, 0.4) is 0 Å². The van der Waals surface area contributed by atoms with Crippen LogP contribution in [-0.4, -0.2) is 28.6 Å². The van der Waals surface area contributed by atoms with Crippen LogP contribution in [0.5, 0.6) is 0 Å². The van der Waals surface area contributed by atoms with Crippen LogP contribution in [-0.2, 0) is 0 Å². The van der Waals surface area contributed by atoms with Crippen LogP contribution < -0.4 is 5.32 Å². The second kappa shape index (κ2) is 5.78. The fourth-order valence-corrected chi connectivity index (χ4v) is 1.81. The summed E-state index contributed by atoms with van der Waals surface area (Å²) in [5, 5.41) is 12.3. The minimum atomic E-state index is -0.921. The van der Waals surface area contributed by atoms with Gasteiger partial charge in [-0.1, -0.05) is 15.9 Å². The second-order valence-electron chi connectivity index (χ2n) is 4.31. The standard InChI is InChI=1S/C12H16BrNO2S/c1-12(2,17-3)7-14-10-5-4-8(13)6-9(10)11(15)16/h4-6,14H,7H2,1-3H3,(H,15,16). The van der Waals surface area contributed by atoms with Crippen molar-refractivity contribution in [3.63, 3.8) is 0 Å². The zero-order valence-electron chi connectivity index (χ0n) is 10.1. The van der Waals surface area contributed by atoms with Crippen molar-refractivity contribution in [1.29, 1.82) is 0 Å². The molecule has 0 atom stereocenters. The Hall–Kier alpha value is -0.680. The first-order chi connectivity index (χ1) is 7.85. The quantitative estimate of drug-likeness (QED) is 0.869. The molecule has 5 heteroatoms. The number of hydrogen-bond donors (Lipinski definition) is 2. The Morgan fingerprint density at radius 1 is 1.53 bits per heavy atom. The molecule has 0 aliphatic rings. The maximum atomic E-state index is 11.1. The molecule has 1 rings (SSSR count). The van der Waals surface area contributed by atoms with Crippen LogP contribution >= 0.6 is 27.7 Å². The lowest BCUT2D eigenvalue weighted by Gasteiger charge is -2.23. The first-order valence-corrected chi connectivity index (χ1v) is 7.19. The van der Waals surface area contributed by atoms with Crippen molar-refractivity contribution in [2.24, 2.45) is 0 Å². The normalized spacial score (nSPS) is 11.3. The number of hydrogen-bond acceptors (Lipinski definition) is 3. The summed E-state index contributed by atoms with van der Waals surface area (Å²) in [5.74, 6) is -0.921. The average molecular weight is 318 g/mol. The average Bonchev–Trinajstić information content (AvgIpc) is 2.27. The summed E-state index contributed by atoms with van der Waals surface area (Å²) in [7, 11) is 0. The van der Waals surface area contributed by atoms with E-state index in [4.69, 9.17) is 5.11 Å². The lowest BCUT2D eigenvalue weighted by Crippen LogP contribution is -2.26. The summed E-state index contributed by atoms with van der Waals surface area (Å²) in [6, 6.07) is 5.22. The molecule has 0 amide bonds. The van der Waals surface area contributed by atoms with E-state index in [0.717, 1.165) is 11.0 Å². The van der Waals surface area contributed by atoms with Gasteiger partial charge in [0.15, 0.2) is 0 Å². The Bertz CT molecular complexity index is 421. The first kappa shape index (κ1) is 14.4. The number of carboxylic acids is 1. The van der Waals surface area contributed by atoms with E-state index in [9.17, 15) is 4.79 Å². The highest BCUT2D eigenvalue weighted by atomic mass is 79.9. The van der Waals surface area contributed by atoms with Gasteiger partial charge in [-0.25, -0.2) is 4.79 Å². The van der Waals surface area contributed by atoms with Gasteiger partial charge in [0.1, 0.15) is 0 Å². The molecule has 0 aromatic heterocycles. The van der Waals surface area contributed by atoms with Crippen molar-refractivity contribution in [2.45, 2.75) is 18.6 Å². The van der Waals surface area contributed by atoms with Crippen LogP contribution in [0.1, 0.15) is 24.2 Å². The van der Waals surface area contributed by atoms with Gasteiger partial charge in [0.25, 0.3) is 0 Å². The van der Waals surface area contributed by atoms with Crippen molar-refractivity contribution < 1.29 is 9.90 Å². The van der Waals surface area contributed by atoms with Crippen molar-refractivity contribution in [2.75, 3.05) is 18.1 Å². The lowest BCUT2D eigenvalue weighted by molar-refractivity contribution is 0.0698. The SMILES string of the molecule is CSC(C)(C)CNc1ccc(Br)cc1C(=O)O. The van der Waals surface area contributed by atoms with Crippen LogP contribution in [0.4, 0.5) is 5.69 Å². The number of anilines is 1. The number of rotatable bonds is 5. The molecule has 0 saturated carbocycles. The molecular formula is C12H16BrNO2S. The molecule has 0 bridgehead atoms. The van der Waals surface area contributed by atoms with Crippen molar-refractivity contribution in [1.82, 2.24) is 0 Å². The lowest BCUT2D eigenvalue weighted by atomic mass is 10.1. The molecule has 0 aliphatic carbocycles. The zero-order chi connectivity index (χ0) is 13.1. The van der Waals surface area contributed by atoms with Gasteiger partial charge in [0, 0.05) is 21.5 Å². The number of aromatic carboxylic acids is 1. The molecule has 3 nitrogen and oxygen atoms in total. The van der Waals surface area contributed by atoms with Crippen LogP contribution in [0.25, 0.3) is 0 Å². The third-order valence-corrected chi connectivity index (χ3v) is 4.21. The molecular weight excluding hydrogens is 302 g/mol. The zero-order valence-corrected chi connectivity index (χ0v) is 12.5. The molecule has 0 saturated heterocycles. The predicted octanol–water partition coefficient (Wildman–Crippen LogP) is 3.70. The minimum absolute atomic E-state index is 0.0723. The molecule has 0 unspecified atom stereocenters. The van der Waals surface area contributed by atoms with Gasteiger partial charge in [-0.3, -0.25) is 0 Å². The van der Waals surface area contributed by atoms with Crippen molar-refractivity contribution >= 4 is 39.3 Å². The topological polar surface area (TPSA) is 49.3 Å². The van der Waals surface area contributed by atoms with Gasteiger partial charge in [0.2, 0.25) is 0 Å². The van der Waals surface area contributed by atoms with E-state index in [1.54, 1.807) is 23.9 Å². The smallest absolute Gasteiger partial charge is 0.337 e. The number of carboxylic acid groups (broad SMARTS) is 1. The van der Waals surface area contributed by atoms with Crippen LogP contribution in [0.15, 0.2) is 22.7 Å². The van der Waals surface area contributed by atoms with Crippen molar-refractivity contribution in [3.05, 3.63) is 28.2 Å². The Kier molecular flexibility index (Phi) is 4.89. The summed E-state index contributed by atoms with van der Waals surface area (Å²) in [6.07, 6.45) is 2.04. The first-order valence-electron chi connectivity index (χ1n) is 5.17. The Morgan fingerprint density at radius 3 is 2.71 bits per heavy atom. The Balaban J connectivity index is 2.88. The minimum Gasteiger partial charge on any atom is -0.478 e. The predicted molar refractivity (Wildman–Crippen MR) is 77.2 cm³/mol. The summed E-state index contributed by atoms with van der Waals surface area (Å²) in [6.45, 7) is 4.95. The van der Waals surface area contributed by atoms with Gasteiger partial charge in [-0.2, -0.15) is 11.8 Å². The molecule has 94 valence electrons.